The molecule has 0 atom stereocenters. The first kappa shape index (κ1) is 9.36. The van der Waals surface area contributed by atoms with E-state index in [0.717, 1.165) is 0 Å². The van der Waals surface area contributed by atoms with Crippen LogP contribution in [0.15, 0.2) is 0 Å². The molecule has 0 fully saturated rings. The fraction of sp³-hybridized carbons (Fsp3) is 0.667. The van der Waals surface area contributed by atoms with E-state index < -0.39 is 0 Å². The van der Waals surface area contributed by atoms with Crippen molar-refractivity contribution in [2.75, 3.05) is 21.2 Å². The number of hydrogen-bond donors (Lipinski definition) is 0. The molecule has 4 heteroatoms. The van der Waals surface area contributed by atoms with Gasteiger partial charge in [-0.15, -0.1) is 0 Å². The van der Waals surface area contributed by atoms with Crippen LogP contribution in [-0.2, 0) is 9.53 Å². The van der Waals surface area contributed by atoms with E-state index in [1.54, 1.807) is 19.0 Å². The summed E-state index contributed by atoms with van der Waals surface area (Å²) in [7, 11) is 4.94. The van der Waals surface area contributed by atoms with Crippen molar-refractivity contribution in [3.05, 3.63) is 0 Å². The topological polar surface area (TPSA) is 29.5 Å². The molecule has 3 nitrogen and oxygen atoms in total. The summed E-state index contributed by atoms with van der Waals surface area (Å²) in [5.41, 5.74) is 0. The number of ether oxygens (including phenoxy) is 1. The molecule has 0 radical (unpaired) electrons. The summed E-state index contributed by atoms with van der Waals surface area (Å²) in [6.07, 6.45) is 0.193. The van der Waals surface area contributed by atoms with Crippen LogP contribution < -0.4 is 0 Å². The van der Waals surface area contributed by atoms with E-state index in [1.165, 1.54) is 7.11 Å². The average Bonchev–Trinajstić information content (AvgIpc) is 1.87. The zero-order chi connectivity index (χ0) is 8.15. The molecule has 0 amide bonds. The van der Waals surface area contributed by atoms with Gasteiger partial charge in [-0.2, -0.15) is 0 Å². The summed E-state index contributed by atoms with van der Waals surface area (Å²) in [5.74, 6) is -0.293. The van der Waals surface area contributed by atoms with E-state index in [-0.39, 0.29) is 12.4 Å². The van der Waals surface area contributed by atoms with Gasteiger partial charge in [0, 0.05) is 14.1 Å². The van der Waals surface area contributed by atoms with Crippen LogP contribution in [0.25, 0.3) is 0 Å². The Labute approximate surface area is 66.0 Å². The molecule has 0 bridgehead atoms. The van der Waals surface area contributed by atoms with Crippen LogP contribution in [0.3, 0.4) is 0 Å². The Morgan fingerprint density at radius 2 is 2.10 bits per heavy atom. The molecule has 0 aromatic heterocycles. The van der Waals surface area contributed by atoms with Gasteiger partial charge in [0.2, 0.25) is 0 Å². The van der Waals surface area contributed by atoms with Gasteiger partial charge in [-0.3, -0.25) is 4.79 Å². The first-order valence-corrected chi connectivity index (χ1v) is 3.25. The maximum Gasteiger partial charge on any atom is 0.312 e. The largest absolute Gasteiger partial charge is 0.469 e. The predicted octanol–water partition coefficient (Wildman–Crippen LogP) is 0.438. The highest BCUT2D eigenvalue weighted by Gasteiger charge is 2.05. The van der Waals surface area contributed by atoms with Crippen LogP contribution in [0, 0.1) is 0 Å². The zero-order valence-corrected chi connectivity index (χ0v) is 7.20. The first-order chi connectivity index (χ1) is 4.57. The van der Waals surface area contributed by atoms with E-state index in [1.807, 2.05) is 0 Å². The van der Waals surface area contributed by atoms with Gasteiger partial charge >= 0.3 is 5.97 Å². The Morgan fingerprint density at radius 3 is 2.40 bits per heavy atom. The molecule has 0 unspecified atom stereocenters. The van der Waals surface area contributed by atoms with Crippen LogP contribution >= 0.6 is 12.2 Å². The van der Waals surface area contributed by atoms with E-state index in [2.05, 4.69) is 4.74 Å². The summed E-state index contributed by atoms with van der Waals surface area (Å²) in [4.78, 5) is 12.9. The molecule has 0 spiro atoms. The third kappa shape index (κ3) is 3.40. The Morgan fingerprint density at radius 1 is 1.60 bits per heavy atom. The van der Waals surface area contributed by atoms with Crippen molar-refractivity contribution in [2.24, 2.45) is 0 Å². The van der Waals surface area contributed by atoms with Crippen molar-refractivity contribution in [3.8, 4) is 0 Å². The summed E-state index contributed by atoms with van der Waals surface area (Å²) in [5, 5.41) is 0. The third-order valence-electron chi connectivity index (χ3n) is 1.02. The number of esters is 1. The van der Waals surface area contributed by atoms with Crippen molar-refractivity contribution < 1.29 is 9.53 Å². The smallest absolute Gasteiger partial charge is 0.312 e. The molecule has 58 valence electrons. The van der Waals surface area contributed by atoms with Crippen molar-refractivity contribution in [1.82, 2.24) is 4.90 Å². The summed E-state index contributed by atoms with van der Waals surface area (Å²) < 4.78 is 4.42. The number of nitrogens with zero attached hydrogens (tertiary/aromatic N) is 1. The van der Waals surface area contributed by atoms with Gasteiger partial charge in [-0.05, 0) is 0 Å². The van der Waals surface area contributed by atoms with Crippen molar-refractivity contribution >= 4 is 23.2 Å². The molecule has 0 N–H and O–H groups in total. The van der Waals surface area contributed by atoms with Crippen LogP contribution in [0.4, 0.5) is 0 Å². The summed E-state index contributed by atoms with van der Waals surface area (Å²) in [6.45, 7) is 0. The Hall–Kier alpha value is -0.640. The van der Waals surface area contributed by atoms with Gasteiger partial charge < -0.3 is 9.64 Å². The maximum atomic E-state index is 10.6. The number of hydrogen-bond acceptors (Lipinski definition) is 3. The standard InChI is InChI=1S/C6H11NO2S/c1-7(2)5(10)4-6(8)9-3/h4H2,1-3H3. The lowest BCUT2D eigenvalue weighted by molar-refractivity contribution is -0.139. The maximum absolute atomic E-state index is 10.6. The molecule has 0 saturated heterocycles. The third-order valence-corrected chi connectivity index (χ3v) is 1.53. The lowest BCUT2D eigenvalue weighted by atomic mass is 10.4. The Balaban J connectivity index is 3.69. The number of carbonyl (C=O) groups is 1. The first-order valence-electron chi connectivity index (χ1n) is 2.85. The van der Waals surface area contributed by atoms with Crippen LogP contribution in [0.5, 0.6) is 0 Å². The lowest BCUT2D eigenvalue weighted by Gasteiger charge is -2.11. The Kier molecular flexibility index (Phi) is 3.95. The highest BCUT2D eigenvalue weighted by atomic mass is 32.1. The van der Waals surface area contributed by atoms with Gasteiger partial charge in [-0.1, -0.05) is 12.2 Å². The van der Waals surface area contributed by atoms with Crippen LogP contribution in [0.2, 0.25) is 0 Å². The lowest BCUT2D eigenvalue weighted by Crippen LogP contribution is -2.22. The molecule has 0 heterocycles. The molecule has 0 aromatic carbocycles. The highest BCUT2D eigenvalue weighted by Crippen LogP contribution is 1.92. The molecule has 0 saturated carbocycles. The van der Waals surface area contributed by atoms with Gasteiger partial charge in [0.15, 0.2) is 0 Å². The molecule has 0 aromatic rings. The van der Waals surface area contributed by atoms with Gasteiger partial charge in [0.25, 0.3) is 0 Å². The molecule has 0 aliphatic rings. The van der Waals surface area contributed by atoms with Crippen molar-refractivity contribution in [2.45, 2.75) is 6.42 Å². The number of thiocarbonyl (C=S) groups is 1. The monoisotopic (exact) mass is 161 g/mol. The second-order valence-electron chi connectivity index (χ2n) is 2.04. The fourth-order valence-corrected chi connectivity index (χ4v) is 0.472. The van der Waals surface area contributed by atoms with Gasteiger partial charge in [0.1, 0.15) is 0 Å². The van der Waals surface area contributed by atoms with Crippen LogP contribution in [0.1, 0.15) is 6.42 Å². The minimum Gasteiger partial charge on any atom is -0.469 e. The second-order valence-corrected chi connectivity index (χ2v) is 2.51. The fourth-order valence-electron chi connectivity index (χ4n) is 0.354. The molecule has 0 aliphatic carbocycles. The van der Waals surface area contributed by atoms with Gasteiger partial charge in [-0.25, -0.2) is 0 Å². The molecule has 10 heavy (non-hydrogen) atoms. The minimum atomic E-state index is -0.293. The SMILES string of the molecule is COC(=O)CC(=S)N(C)C. The number of carbonyl (C=O) groups excluding carboxylic acids is 1. The molecular weight excluding hydrogens is 150 g/mol. The molecule has 0 aliphatic heterocycles. The van der Waals surface area contributed by atoms with E-state index >= 15 is 0 Å². The van der Waals surface area contributed by atoms with Crippen LogP contribution in [-0.4, -0.2) is 37.1 Å². The average molecular weight is 161 g/mol. The second kappa shape index (κ2) is 4.22. The number of methoxy groups -OCH3 is 1. The quantitative estimate of drug-likeness (QED) is 0.434. The summed E-state index contributed by atoms with van der Waals surface area (Å²) in [6, 6.07) is 0. The van der Waals surface area contributed by atoms with E-state index in [9.17, 15) is 4.79 Å². The van der Waals surface area contributed by atoms with Crippen molar-refractivity contribution in [1.29, 1.82) is 0 Å². The van der Waals surface area contributed by atoms with Crippen molar-refractivity contribution in [3.63, 3.8) is 0 Å². The van der Waals surface area contributed by atoms with Gasteiger partial charge in [0.05, 0.1) is 18.5 Å². The number of rotatable bonds is 2. The Bertz CT molecular complexity index is 145. The predicted molar refractivity (Wildman–Crippen MR) is 42.9 cm³/mol. The minimum absolute atomic E-state index is 0.193. The van der Waals surface area contributed by atoms with E-state index in [0.29, 0.717) is 4.99 Å². The zero-order valence-electron chi connectivity index (χ0n) is 6.38. The molecular formula is C6H11NO2S. The highest BCUT2D eigenvalue weighted by molar-refractivity contribution is 7.80. The summed E-state index contributed by atoms with van der Waals surface area (Å²) >= 11 is 4.85. The normalized spacial score (nSPS) is 8.70. The molecule has 0 rings (SSSR count). The van der Waals surface area contributed by atoms with E-state index in [4.69, 9.17) is 12.2 Å².